The summed E-state index contributed by atoms with van der Waals surface area (Å²) in [5.41, 5.74) is 0. The molecule has 3 atom stereocenters. The molecule has 5 heteroatoms. The van der Waals surface area contributed by atoms with Gasteiger partial charge in [0.2, 0.25) is 0 Å². The van der Waals surface area contributed by atoms with Gasteiger partial charge in [0.25, 0.3) is 0 Å². The smallest absolute Gasteiger partial charge is 0.0800 e. The van der Waals surface area contributed by atoms with Crippen LogP contribution < -0.4 is 0 Å². The van der Waals surface area contributed by atoms with Crippen molar-refractivity contribution in [1.29, 1.82) is 0 Å². The Balaban J connectivity index is 2.77. The van der Waals surface area contributed by atoms with Crippen molar-refractivity contribution >= 4 is 15.9 Å². The second-order valence-corrected chi connectivity index (χ2v) is 4.45. The fraction of sp³-hybridized carbons (Fsp3) is 0.667. The molecule has 0 radical (unpaired) electrons. The average Bonchev–Trinajstić information content (AvgIpc) is 2.46. The SMILES string of the molecule is CC(O)CC(C(C)O)n1cc(Br)cn1. The molecule has 14 heavy (non-hydrogen) atoms. The van der Waals surface area contributed by atoms with Gasteiger partial charge in [-0.2, -0.15) is 5.10 Å². The molecule has 1 heterocycles. The highest BCUT2D eigenvalue weighted by Crippen LogP contribution is 2.19. The number of rotatable bonds is 4. The predicted molar refractivity (Wildman–Crippen MR) is 56.9 cm³/mol. The van der Waals surface area contributed by atoms with Crippen LogP contribution in [0, 0.1) is 0 Å². The van der Waals surface area contributed by atoms with Crippen LogP contribution in [0.2, 0.25) is 0 Å². The molecule has 0 aliphatic rings. The lowest BCUT2D eigenvalue weighted by atomic mass is 10.1. The summed E-state index contributed by atoms with van der Waals surface area (Å²) in [6, 6.07) is -0.179. The quantitative estimate of drug-likeness (QED) is 0.861. The number of nitrogens with zero attached hydrogens (tertiary/aromatic N) is 2. The normalized spacial score (nSPS) is 17.8. The molecule has 0 aliphatic carbocycles. The summed E-state index contributed by atoms with van der Waals surface area (Å²) in [5, 5.41) is 22.9. The first-order valence-electron chi connectivity index (χ1n) is 4.56. The fourth-order valence-electron chi connectivity index (χ4n) is 1.37. The first-order chi connectivity index (χ1) is 6.50. The Labute approximate surface area is 91.7 Å². The van der Waals surface area contributed by atoms with Crippen molar-refractivity contribution in [2.24, 2.45) is 0 Å². The van der Waals surface area contributed by atoms with Gasteiger partial charge in [-0.1, -0.05) is 0 Å². The van der Waals surface area contributed by atoms with Gasteiger partial charge in [0.15, 0.2) is 0 Å². The maximum Gasteiger partial charge on any atom is 0.0800 e. The van der Waals surface area contributed by atoms with Crippen molar-refractivity contribution < 1.29 is 10.2 Å². The first kappa shape index (κ1) is 11.7. The lowest BCUT2D eigenvalue weighted by Crippen LogP contribution is -2.25. The number of halogens is 1. The monoisotopic (exact) mass is 262 g/mol. The van der Waals surface area contributed by atoms with E-state index in [4.69, 9.17) is 0 Å². The van der Waals surface area contributed by atoms with E-state index >= 15 is 0 Å². The highest BCUT2D eigenvalue weighted by atomic mass is 79.9. The summed E-state index contributed by atoms with van der Waals surface area (Å²) in [6.07, 6.45) is 2.97. The van der Waals surface area contributed by atoms with Crippen molar-refractivity contribution in [3.05, 3.63) is 16.9 Å². The molecule has 2 N–H and O–H groups in total. The van der Waals surface area contributed by atoms with Crippen LogP contribution in [0.4, 0.5) is 0 Å². The summed E-state index contributed by atoms with van der Waals surface area (Å²) in [7, 11) is 0. The molecular weight excluding hydrogens is 248 g/mol. The van der Waals surface area contributed by atoms with Crippen molar-refractivity contribution in [3.63, 3.8) is 0 Å². The van der Waals surface area contributed by atoms with E-state index in [0.29, 0.717) is 6.42 Å². The van der Waals surface area contributed by atoms with Crippen molar-refractivity contribution in [2.75, 3.05) is 0 Å². The maximum absolute atomic E-state index is 9.54. The van der Waals surface area contributed by atoms with Gasteiger partial charge in [-0.05, 0) is 36.2 Å². The fourth-order valence-corrected chi connectivity index (χ4v) is 1.67. The van der Waals surface area contributed by atoms with E-state index in [1.807, 2.05) is 0 Å². The zero-order valence-corrected chi connectivity index (χ0v) is 9.85. The molecule has 0 amide bonds. The first-order valence-corrected chi connectivity index (χ1v) is 5.35. The summed E-state index contributed by atoms with van der Waals surface area (Å²) in [4.78, 5) is 0. The van der Waals surface area contributed by atoms with E-state index in [9.17, 15) is 10.2 Å². The van der Waals surface area contributed by atoms with Crippen LogP contribution in [0.3, 0.4) is 0 Å². The Morgan fingerprint density at radius 1 is 1.50 bits per heavy atom. The summed E-state index contributed by atoms with van der Waals surface area (Å²) in [5.74, 6) is 0. The van der Waals surface area contributed by atoms with E-state index in [1.165, 1.54) is 0 Å². The minimum atomic E-state index is -0.531. The van der Waals surface area contributed by atoms with Crippen LogP contribution in [0.1, 0.15) is 26.3 Å². The topological polar surface area (TPSA) is 58.3 Å². The van der Waals surface area contributed by atoms with Crippen LogP contribution in [0.25, 0.3) is 0 Å². The molecule has 1 aromatic rings. The molecule has 0 bridgehead atoms. The van der Waals surface area contributed by atoms with E-state index in [2.05, 4.69) is 21.0 Å². The van der Waals surface area contributed by atoms with E-state index in [-0.39, 0.29) is 6.04 Å². The lowest BCUT2D eigenvalue weighted by molar-refractivity contribution is 0.0779. The van der Waals surface area contributed by atoms with Gasteiger partial charge in [-0.15, -0.1) is 0 Å². The Morgan fingerprint density at radius 2 is 2.14 bits per heavy atom. The summed E-state index contributed by atoms with van der Waals surface area (Å²) >= 11 is 3.29. The largest absolute Gasteiger partial charge is 0.393 e. The van der Waals surface area contributed by atoms with Crippen LogP contribution in [0.5, 0.6) is 0 Å². The Hall–Kier alpha value is -0.390. The summed E-state index contributed by atoms with van der Waals surface area (Å²) < 4.78 is 2.54. The molecule has 0 saturated carbocycles. The minimum absolute atomic E-state index is 0.179. The van der Waals surface area contributed by atoms with E-state index < -0.39 is 12.2 Å². The van der Waals surface area contributed by atoms with Crippen LogP contribution in [-0.4, -0.2) is 32.2 Å². The third-order valence-corrected chi connectivity index (χ3v) is 2.46. The van der Waals surface area contributed by atoms with Gasteiger partial charge >= 0.3 is 0 Å². The van der Waals surface area contributed by atoms with Gasteiger partial charge in [-0.25, -0.2) is 0 Å². The Morgan fingerprint density at radius 3 is 2.50 bits per heavy atom. The second kappa shape index (κ2) is 4.91. The van der Waals surface area contributed by atoms with E-state index in [0.717, 1.165) is 4.47 Å². The molecule has 4 nitrogen and oxygen atoms in total. The third-order valence-electron chi connectivity index (χ3n) is 2.05. The highest BCUT2D eigenvalue weighted by Gasteiger charge is 2.19. The number of aliphatic hydroxyl groups excluding tert-OH is 2. The van der Waals surface area contributed by atoms with Crippen LogP contribution in [0.15, 0.2) is 16.9 Å². The standard InChI is InChI=1S/C9H15BrN2O2/c1-6(13)3-9(7(2)14)12-5-8(10)4-11-12/h4-7,9,13-14H,3H2,1-2H3. The number of hydrogen-bond donors (Lipinski definition) is 2. The molecule has 0 saturated heterocycles. The number of aromatic nitrogens is 2. The Kier molecular flexibility index (Phi) is 4.10. The molecule has 0 fully saturated rings. The molecule has 80 valence electrons. The molecule has 0 spiro atoms. The molecule has 0 aliphatic heterocycles. The van der Waals surface area contributed by atoms with Crippen molar-refractivity contribution in [3.8, 4) is 0 Å². The van der Waals surface area contributed by atoms with Crippen LogP contribution in [-0.2, 0) is 0 Å². The van der Waals surface area contributed by atoms with E-state index in [1.54, 1.807) is 30.9 Å². The Bertz CT molecular complexity index is 286. The molecule has 1 aromatic heterocycles. The predicted octanol–water partition coefficient (Wildman–Crippen LogP) is 1.34. The zero-order valence-electron chi connectivity index (χ0n) is 8.26. The van der Waals surface area contributed by atoms with Gasteiger partial charge in [-0.3, -0.25) is 4.68 Å². The van der Waals surface area contributed by atoms with Gasteiger partial charge in [0.1, 0.15) is 0 Å². The molecule has 0 aromatic carbocycles. The van der Waals surface area contributed by atoms with Gasteiger partial charge in [0, 0.05) is 6.20 Å². The van der Waals surface area contributed by atoms with Crippen molar-refractivity contribution in [2.45, 2.75) is 38.5 Å². The van der Waals surface area contributed by atoms with Crippen LogP contribution >= 0.6 is 15.9 Å². The number of aliphatic hydroxyl groups is 2. The maximum atomic E-state index is 9.54. The van der Waals surface area contributed by atoms with Gasteiger partial charge < -0.3 is 10.2 Å². The number of hydrogen-bond acceptors (Lipinski definition) is 3. The highest BCUT2D eigenvalue weighted by molar-refractivity contribution is 9.10. The van der Waals surface area contributed by atoms with Crippen molar-refractivity contribution in [1.82, 2.24) is 9.78 Å². The summed E-state index contributed by atoms with van der Waals surface area (Å²) in [6.45, 7) is 3.40. The molecule has 1 rings (SSSR count). The second-order valence-electron chi connectivity index (χ2n) is 3.53. The zero-order chi connectivity index (χ0) is 10.7. The molecular formula is C9H15BrN2O2. The average molecular weight is 263 g/mol. The molecule has 3 unspecified atom stereocenters. The van der Waals surface area contributed by atoms with Gasteiger partial charge in [0.05, 0.1) is 28.9 Å². The minimum Gasteiger partial charge on any atom is -0.393 e. The third kappa shape index (κ3) is 3.08. The lowest BCUT2D eigenvalue weighted by Gasteiger charge is -2.21.